The van der Waals surface area contributed by atoms with Gasteiger partial charge in [0.05, 0.1) is 6.21 Å². The van der Waals surface area contributed by atoms with Crippen molar-refractivity contribution in [2.24, 2.45) is 4.99 Å². The SMILES string of the molecule is C=CC(=C(F)\C=C(/C)C(=O)N1CCN(c2ccc(C(=O)NSCc3ccccc3)cc2)CC1)/C(/C=C(/O)C=NCC)=C/C. The van der Waals surface area contributed by atoms with Crippen LogP contribution in [0.5, 0.6) is 0 Å². The maximum absolute atomic E-state index is 15.2. The van der Waals surface area contributed by atoms with E-state index in [1.54, 1.807) is 37.0 Å². The van der Waals surface area contributed by atoms with Crippen LogP contribution >= 0.6 is 11.9 Å². The van der Waals surface area contributed by atoms with E-state index >= 15 is 4.39 Å². The molecule has 0 atom stereocenters. The molecule has 2 N–H and O–H groups in total. The Bertz CT molecular complexity index is 1420. The Labute approximate surface area is 258 Å². The largest absolute Gasteiger partial charge is 0.506 e. The maximum Gasteiger partial charge on any atom is 0.261 e. The number of nitrogens with zero attached hydrogens (tertiary/aromatic N) is 3. The number of carbonyl (C=O) groups excluding carboxylic acids is 2. The fraction of sp³-hybridized carbons (Fsp3) is 0.265. The van der Waals surface area contributed by atoms with Crippen LogP contribution in [0.25, 0.3) is 0 Å². The molecule has 2 aromatic rings. The average molecular weight is 603 g/mol. The van der Waals surface area contributed by atoms with Crippen LogP contribution in [0.2, 0.25) is 0 Å². The monoisotopic (exact) mass is 602 g/mol. The van der Waals surface area contributed by atoms with Crippen LogP contribution in [0.4, 0.5) is 10.1 Å². The number of amides is 2. The summed E-state index contributed by atoms with van der Waals surface area (Å²) in [6, 6.07) is 17.4. The van der Waals surface area contributed by atoms with Gasteiger partial charge in [-0.25, -0.2) is 4.39 Å². The highest BCUT2D eigenvalue weighted by Crippen LogP contribution is 2.23. The predicted octanol–water partition coefficient (Wildman–Crippen LogP) is 6.75. The van der Waals surface area contributed by atoms with E-state index in [1.807, 2.05) is 49.4 Å². The molecule has 226 valence electrons. The van der Waals surface area contributed by atoms with Crippen LogP contribution in [-0.2, 0) is 10.5 Å². The van der Waals surface area contributed by atoms with E-state index in [0.29, 0.717) is 49.6 Å². The molecule has 0 spiro atoms. The molecule has 0 aliphatic carbocycles. The first-order valence-electron chi connectivity index (χ1n) is 14.1. The summed E-state index contributed by atoms with van der Waals surface area (Å²) in [6.45, 7) is 11.6. The van der Waals surface area contributed by atoms with E-state index in [4.69, 9.17) is 0 Å². The van der Waals surface area contributed by atoms with Gasteiger partial charge in [0.1, 0.15) is 11.6 Å². The number of hydrogen-bond acceptors (Lipinski definition) is 6. The van der Waals surface area contributed by atoms with Gasteiger partial charge in [0, 0.05) is 60.9 Å². The molecule has 7 nitrogen and oxygen atoms in total. The highest BCUT2D eigenvalue weighted by atomic mass is 32.2. The van der Waals surface area contributed by atoms with Crippen molar-refractivity contribution >= 4 is 35.7 Å². The third-order valence-electron chi connectivity index (χ3n) is 6.78. The zero-order chi connectivity index (χ0) is 31.2. The summed E-state index contributed by atoms with van der Waals surface area (Å²) in [7, 11) is 0. The topological polar surface area (TPSA) is 85.2 Å². The number of aliphatic hydroxyl groups is 1. The number of piperazine rings is 1. The fourth-order valence-corrected chi connectivity index (χ4v) is 5.12. The predicted molar refractivity (Wildman–Crippen MR) is 176 cm³/mol. The van der Waals surface area contributed by atoms with Gasteiger partial charge in [0.15, 0.2) is 0 Å². The minimum atomic E-state index is -0.619. The van der Waals surface area contributed by atoms with Crippen molar-refractivity contribution in [3.8, 4) is 0 Å². The van der Waals surface area contributed by atoms with Crippen LogP contribution in [0.3, 0.4) is 0 Å². The molecular weight excluding hydrogens is 563 g/mol. The summed E-state index contributed by atoms with van der Waals surface area (Å²) >= 11 is 1.36. The van der Waals surface area contributed by atoms with Crippen LogP contribution in [-0.4, -0.2) is 60.8 Å². The van der Waals surface area contributed by atoms with Gasteiger partial charge in [0.2, 0.25) is 5.91 Å². The molecule has 43 heavy (non-hydrogen) atoms. The van der Waals surface area contributed by atoms with Gasteiger partial charge in [-0.15, -0.1) is 0 Å². The van der Waals surface area contributed by atoms with Crippen molar-refractivity contribution in [3.05, 3.63) is 125 Å². The first-order chi connectivity index (χ1) is 20.8. The Hall–Kier alpha value is -4.37. The second kappa shape index (κ2) is 16.9. The molecule has 1 fully saturated rings. The molecule has 9 heteroatoms. The number of halogens is 1. The van der Waals surface area contributed by atoms with E-state index in [2.05, 4.69) is 21.2 Å². The zero-order valence-electron chi connectivity index (χ0n) is 24.9. The standard InChI is InChI=1S/C34H39FN4O3S/c1-5-27(22-30(40)23-36-7-3)31(6-2)32(35)21-25(4)34(42)39-19-17-38(18-20-39)29-15-13-28(14-16-29)33(41)37-43-24-26-11-9-8-10-12-26/h5-6,8-16,21-23,40H,2,7,17-20,24H2,1,3-4H3,(H,37,41)/b25-21+,27-5+,30-22+,32-31-,36-23?. The second-order valence-electron chi connectivity index (χ2n) is 9.77. The highest BCUT2D eigenvalue weighted by Gasteiger charge is 2.23. The number of benzene rings is 2. The molecule has 1 heterocycles. The summed E-state index contributed by atoms with van der Waals surface area (Å²) in [5, 5.41) is 10.0. The first kappa shape index (κ1) is 33.1. The van der Waals surface area contributed by atoms with Gasteiger partial charge in [-0.2, -0.15) is 0 Å². The Morgan fingerprint density at radius 2 is 1.74 bits per heavy atom. The number of allylic oxidation sites excluding steroid dienone is 8. The lowest BCUT2D eigenvalue weighted by atomic mass is 10.0. The third-order valence-corrected chi connectivity index (χ3v) is 7.59. The van der Waals surface area contributed by atoms with E-state index in [9.17, 15) is 14.7 Å². The Balaban J connectivity index is 1.57. The molecule has 1 aliphatic rings. The van der Waals surface area contributed by atoms with Gasteiger partial charge in [-0.1, -0.05) is 49.1 Å². The highest BCUT2D eigenvalue weighted by molar-refractivity contribution is 7.97. The third kappa shape index (κ3) is 9.85. The number of anilines is 1. The van der Waals surface area contributed by atoms with Crippen LogP contribution < -0.4 is 9.62 Å². The zero-order valence-corrected chi connectivity index (χ0v) is 25.7. The first-order valence-corrected chi connectivity index (χ1v) is 15.1. The van der Waals surface area contributed by atoms with E-state index in [0.717, 1.165) is 11.3 Å². The van der Waals surface area contributed by atoms with E-state index in [1.165, 1.54) is 36.4 Å². The van der Waals surface area contributed by atoms with Gasteiger partial charge >= 0.3 is 0 Å². The molecule has 1 aliphatic heterocycles. The molecule has 0 saturated carbocycles. The van der Waals surface area contributed by atoms with Crippen molar-refractivity contribution in [1.82, 2.24) is 9.62 Å². The summed E-state index contributed by atoms with van der Waals surface area (Å²) < 4.78 is 18.1. The average Bonchev–Trinajstić information content (AvgIpc) is 3.03. The molecule has 0 radical (unpaired) electrons. The molecule has 2 aromatic carbocycles. The summed E-state index contributed by atoms with van der Waals surface area (Å²) in [5.74, 6) is -0.424. The Morgan fingerprint density at radius 1 is 1.07 bits per heavy atom. The lowest BCUT2D eigenvalue weighted by Crippen LogP contribution is -2.49. The number of aliphatic hydroxyl groups excluding tert-OH is 1. The van der Waals surface area contributed by atoms with E-state index in [-0.39, 0.29) is 28.7 Å². The smallest absolute Gasteiger partial charge is 0.261 e. The van der Waals surface area contributed by atoms with Crippen LogP contribution in [0.1, 0.15) is 36.7 Å². The summed E-state index contributed by atoms with van der Waals surface area (Å²) in [4.78, 5) is 33.5. The lowest BCUT2D eigenvalue weighted by Gasteiger charge is -2.36. The summed E-state index contributed by atoms with van der Waals surface area (Å²) in [6.07, 6.45) is 6.94. The quantitative estimate of drug-likeness (QED) is 0.0923. The number of aliphatic imine (C=N–C) groups is 1. The van der Waals surface area contributed by atoms with Crippen LogP contribution in [0.15, 0.2) is 119 Å². The minimum absolute atomic E-state index is 0.104. The molecule has 0 unspecified atom stereocenters. The van der Waals surface area contributed by atoms with Crippen molar-refractivity contribution in [3.63, 3.8) is 0 Å². The van der Waals surface area contributed by atoms with E-state index < -0.39 is 5.83 Å². The number of rotatable bonds is 12. The van der Waals surface area contributed by atoms with Gasteiger partial charge < -0.3 is 14.9 Å². The van der Waals surface area contributed by atoms with Crippen molar-refractivity contribution in [2.45, 2.75) is 26.5 Å². The Morgan fingerprint density at radius 3 is 2.35 bits per heavy atom. The van der Waals surface area contributed by atoms with Crippen molar-refractivity contribution < 1.29 is 19.1 Å². The number of carbonyl (C=O) groups is 2. The molecule has 0 aromatic heterocycles. The molecule has 0 bridgehead atoms. The maximum atomic E-state index is 15.2. The van der Waals surface area contributed by atoms with Gasteiger partial charge in [-0.3, -0.25) is 19.3 Å². The lowest BCUT2D eigenvalue weighted by molar-refractivity contribution is -0.127. The normalized spacial score (nSPS) is 15.4. The Kier molecular flexibility index (Phi) is 13.0. The van der Waals surface area contributed by atoms with Gasteiger partial charge in [-0.05, 0) is 80.3 Å². The molecule has 3 rings (SSSR count). The van der Waals surface area contributed by atoms with Crippen LogP contribution in [0, 0.1) is 0 Å². The van der Waals surface area contributed by atoms with Crippen molar-refractivity contribution in [1.29, 1.82) is 0 Å². The van der Waals surface area contributed by atoms with Gasteiger partial charge in [0.25, 0.3) is 5.91 Å². The molecular formula is C34H39FN4O3S. The molecule has 2 amide bonds. The fourth-order valence-electron chi connectivity index (χ4n) is 4.44. The summed E-state index contributed by atoms with van der Waals surface area (Å²) in [5.41, 5.74) is 3.54. The second-order valence-corrected chi connectivity index (χ2v) is 10.5. The molecule has 1 saturated heterocycles. The van der Waals surface area contributed by atoms with Crippen molar-refractivity contribution in [2.75, 3.05) is 37.6 Å². The number of nitrogens with one attached hydrogen (secondary N) is 1. The number of hydrogen-bond donors (Lipinski definition) is 2. The minimum Gasteiger partial charge on any atom is -0.506 e.